The Balaban J connectivity index is 1.80. The van der Waals surface area contributed by atoms with Crippen LogP contribution in [0.25, 0.3) is 22.4 Å². The molecule has 0 saturated heterocycles. The van der Waals surface area contributed by atoms with Crippen molar-refractivity contribution in [2.75, 3.05) is 6.61 Å². The summed E-state index contributed by atoms with van der Waals surface area (Å²) < 4.78 is 1.76. The van der Waals surface area contributed by atoms with Crippen LogP contribution in [0.3, 0.4) is 0 Å². The zero-order valence-electron chi connectivity index (χ0n) is 13.6. The van der Waals surface area contributed by atoms with Crippen molar-refractivity contribution in [3.05, 3.63) is 60.0 Å². The molecule has 0 fully saturated rings. The molecule has 0 atom stereocenters. The highest BCUT2D eigenvalue weighted by Gasteiger charge is 2.20. The van der Waals surface area contributed by atoms with Crippen LogP contribution in [0.5, 0.6) is 0 Å². The summed E-state index contributed by atoms with van der Waals surface area (Å²) in [6.07, 6.45) is 6.83. The highest BCUT2D eigenvalue weighted by atomic mass is 16.4. The summed E-state index contributed by atoms with van der Waals surface area (Å²) in [4.78, 5) is 4.07. The summed E-state index contributed by atoms with van der Waals surface area (Å²) in [5.74, 6) is 0. The van der Waals surface area contributed by atoms with Crippen molar-refractivity contribution in [3.63, 3.8) is 0 Å². The number of fused-ring (bicyclic) bond motifs is 1. The molecule has 4 rings (SSSR count). The molecule has 1 aromatic carbocycles. The van der Waals surface area contributed by atoms with Gasteiger partial charge < -0.3 is 10.3 Å². The van der Waals surface area contributed by atoms with E-state index >= 15 is 0 Å². The van der Waals surface area contributed by atoms with Crippen molar-refractivity contribution in [1.82, 2.24) is 14.8 Å². The van der Waals surface area contributed by atoms with Gasteiger partial charge in [-0.05, 0) is 28.8 Å². The number of hydrogen-bond donors (Lipinski definition) is 2. The van der Waals surface area contributed by atoms with Crippen LogP contribution in [0.4, 0.5) is 0 Å². The Labute approximate surface area is 145 Å². The fourth-order valence-corrected chi connectivity index (χ4v) is 3.28. The highest BCUT2D eigenvalue weighted by molar-refractivity contribution is 5.93. The number of aliphatic hydroxyl groups is 1. The highest BCUT2D eigenvalue weighted by Crippen LogP contribution is 2.33. The molecule has 1 aliphatic carbocycles. The number of aromatic nitrogens is 3. The van der Waals surface area contributed by atoms with Gasteiger partial charge in [0.1, 0.15) is 5.69 Å². The molecule has 6 nitrogen and oxygen atoms in total. The molecule has 0 saturated carbocycles. The van der Waals surface area contributed by atoms with Crippen LogP contribution in [0.2, 0.25) is 0 Å². The van der Waals surface area contributed by atoms with Gasteiger partial charge in [0, 0.05) is 42.6 Å². The van der Waals surface area contributed by atoms with Gasteiger partial charge in [-0.15, -0.1) is 0 Å². The van der Waals surface area contributed by atoms with Crippen LogP contribution >= 0.6 is 0 Å². The number of nitrogens with zero attached hydrogens (tertiary/aromatic N) is 4. The molecular formula is C19H18N4O2. The Morgan fingerprint density at radius 3 is 2.60 bits per heavy atom. The lowest BCUT2D eigenvalue weighted by molar-refractivity contribution is 0.269. The fraction of sp³-hybridized carbons (Fsp3) is 0.211. The lowest BCUT2D eigenvalue weighted by Gasteiger charge is -2.05. The molecule has 0 bridgehead atoms. The van der Waals surface area contributed by atoms with Gasteiger partial charge in [-0.3, -0.25) is 9.67 Å². The normalized spacial score (nSPS) is 14.8. The van der Waals surface area contributed by atoms with Crippen molar-refractivity contribution >= 4 is 5.71 Å². The smallest absolute Gasteiger partial charge is 0.100 e. The molecule has 3 aromatic rings. The Kier molecular flexibility index (Phi) is 4.03. The first kappa shape index (κ1) is 15.5. The first-order valence-electron chi connectivity index (χ1n) is 8.19. The van der Waals surface area contributed by atoms with E-state index in [-0.39, 0.29) is 6.61 Å². The summed E-state index contributed by atoms with van der Waals surface area (Å²) in [7, 11) is 0. The second kappa shape index (κ2) is 6.49. The van der Waals surface area contributed by atoms with Gasteiger partial charge >= 0.3 is 0 Å². The van der Waals surface area contributed by atoms with E-state index in [1.54, 1.807) is 17.1 Å². The second-order valence-electron chi connectivity index (χ2n) is 6.12. The van der Waals surface area contributed by atoms with Crippen molar-refractivity contribution in [2.45, 2.75) is 19.4 Å². The van der Waals surface area contributed by atoms with Crippen LogP contribution in [-0.2, 0) is 19.4 Å². The maximum Gasteiger partial charge on any atom is 0.100 e. The number of aliphatic hydroxyl groups excluding tert-OH is 1. The van der Waals surface area contributed by atoms with Gasteiger partial charge in [-0.25, -0.2) is 0 Å². The van der Waals surface area contributed by atoms with Gasteiger partial charge in [0.15, 0.2) is 0 Å². The van der Waals surface area contributed by atoms with E-state index < -0.39 is 0 Å². The zero-order valence-corrected chi connectivity index (χ0v) is 13.6. The maximum atomic E-state index is 9.24. The largest absolute Gasteiger partial charge is 0.411 e. The van der Waals surface area contributed by atoms with Gasteiger partial charge in [-0.1, -0.05) is 23.4 Å². The summed E-state index contributed by atoms with van der Waals surface area (Å²) in [5, 5.41) is 26.3. The zero-order chi connectivity index (χ0) is 17.2. The van der Waals surface area contributed by atoms with E-state index in [0.717, 1.165) is 28.1 Å². The fourth-order valence-electron chi connectivity index (χ4n) is 3.28. The minimum absolute atomic E-state index is 0.0391. The van der Waals surface area contributed by atoms with Crippen LogP contribution in [0.1, 0.15) is 11.1 Å². The molecule has 6 heteroatoms. The van der Waals surface area contributed by atoms with Gasteiger partial charge in [0.25, 0.3) is 0 Å². The van der Waals surface area contributed by atoms with Crippen LogP contribution in [0, 0.1) is 0 Å². The molecule has 2 heterocycles. The predicted octanol–water partition coefficient (Wildman–Crippen LogP) is 2.53. The number of oxime groups is 1. The molecule has 126 valence electrons. The standard InChI is InChI=1S/C19H18N4O2/c24-8-7-23-12-18(19(21-23)13-3-5-20-6-4-13)15-2-1-14-10-17(22-25)11-16(14)9-15/h1-6,9,12,24-25H,7-8,10-11H2/b22-17-. The molecule has 0 amide bonds. The van der Waals surface area contributed by atoms with Crippen molar-refractivity contribution in [1.29, 1.82) is 0 Å². The third kappa shape index (κ3) is 2.92. The first-order chi connectivity index (χ1) is 12.3. The predicted molar refractivity (Wildman–Crippen MR) is 94.6 cm³/mol. The van der Waals surface area contributed by atoms with Crippen LogP contribution in [0.15, 0.2) is 54.1 Å². The maximum absolute atomic E-state index is 9.24. The number of hydrogen-bond acceptors (Lipinski definition) is 5. The van der Waals surface area contributed by atoms with Crippen LogP contribution < -0.4 is 0 Å². The Bertz CT molecular complexity index is 932. The van der Waals surface area contributed by atoms with E-state index in [1.165, 1.54) is 11.1 Å². The van der Waals surface area contributed by atoms with E-state index in [0.29, 0.717) is 19.4 Å². The third-order valence-electron chi connectivity index (χ3n) is 4.49. The Morgan fingerprint density at radius 1 is 1.04 bits per heavy atom. The summed E-state index contributed by atoms with van der Waals surface area (Å²) in [6, 6.07) is 10.2. The van der Waals surface area contributed by atoms with Gasteiger partial charge in [0.2, 0.25) is 0 Å². The third-order valence-corrected chi connectivity index (χ3v) is 4.49. The van der Waals surface area contributed by atoms with Crippen molar-refractivity contribution in [2.24, 2.45) is 5.16 Å². The molecule has 0 spiro atoms. The Morgan fingerprint density at radius 2 is 1.84 bits per heavy atom. The quantitative estimate of drug-likeness (QED) is 0.567. The van der Waals surface area contributed by atoms with Crippen LogP contribution in [-0.4, -0.2) is 37.4 Å². The Hall–Kier alpha value is -2.99. The average molecular weight is 334 g/mol. The van der Waals surface area contributed by atoms with E-state index in [2.05, 4.69) is 33.4 Å². The average Bonchev–Trinajstić information content (AvgIpc) is 3.25. The van der Waals surface area contributed by atoms with E-state index in [1.807, 2.05) is 18.3 Å². The number of pyridine rings is 1. The molecular weight excluding hydrogens is 316 g/mol. The minimum atomic E-state index is 0.0391. The number of rotatable bonds is 4. The van der Waals surface area contributed by atoms with E-state index in [9.17, 15) is 5.11 Å². The molecule has 0 aliphatic heterocycles. The lowest BCUT2D eigenvalue weighted by Crippen LogP contribution is -2.02. The topological polar surface area (TPSA) is 83.5 Å². The molecule has 25 heavy (non-hydrogen) atoms. The lowest BCUT2D eigenvalue weighted by atomic mass is 9.99. The monoisotopic (exact) mass is 334 g/mol. The summed E-state index contributed by atoms with van der Waals surface area (Å²) in [6.45, 7) is 0.488. The summed E-state index contributed by atoms with van der Waals surface area (Å²) in [5.41, 5.74) is 7.10. The van der Waals surface area contributed by atoms with Gasteiger partial charge in [-0.2, -0.15) is 5.10 Å². The molecule has 0 radical (unpaired) electrons. The molecule has 2 aromatic heterocycles. The first-order valence-corrected chi connectivity index (χ1v) is 8.19. The molecule has 2 N–H and O–H groups in total. The molecule has 1 aliphatic rings. The molecule has 0 unspecified atom stereocenters. The SMILES string of the molecule is OCCn1cc(-c2ccc3c(c2)C/C(=N\O)C3)c(-c2ccncc2)n1. The van der Waals surface area contributed by atoms with E-state index in [4.69, 9.17) is 5.21 Å². The van der Waals surface area contributed by atoms with Gasteiger partial charge in [0.05, 0.1) is 18.9 Å². The van der Waals surface area contributed by atoms with Crippen molar-refractivity contribution in [3.8, 4) is 22.4 Å². The minimum Gasteiger partial charge on any atom is -0.411 e. The summed E-state index contributed by atoms with van der Waals surface area (Å²) >= 11 is 0. The van der Waals surface area contributed by atoms with Crippen molar-refractivity contribution < 1.29 is 10.3 Å². The second-order valence-corrected chi connectivity index (χ2v) is 6.12. The number of benzene rings is 1.